The molecule has 0 aliphatic carbocycles. The first-order valence-electron chi connectivity index (χ1n) is 9.05. The molecule has 8 heteroatoms. The monoisotopic (exact) mass is 428 g/mol. The zero-order valence-electron chi connectivity index (χ0n) is 15.4. The molecule has 1 aromatic heterocycles. The molecule has 1 amide bonds. The van der Waals surface area contributed by atoms with Crippen LogP contribution in [0.4, 0.5) is 10.8 Å². The number of rotatable bonds is 6. The number of amides is 1. The Morgan fingerprint density at radius 2 is 1.96 bits per heavy atom. The van der Waals surface area contributed by atoms with E-state index in [1.165, 1.54) is 23.1 Å². The number of hydrogen-bond donors (Lipinski definition) is 1. The molecular formula is C20H20N4OS3. The molecule has 0 saturated heterocycles. The zero-order chi connectivity index (χ0) is 19.3. The van der Waals surface area contributed by atoms with Crippen LogP contribution in [0.1, 0.15) is 18.5 Å². The van der Waals surface area contributed by atoms with Gasteiger partial charge in [0.2, 0.25) is 11.0 Å². The number of carbonyl (C=O) groups is 1. The number of aromatic nitrogens is 2. The molecule has 1 aliphatic heterocycles. The number of hydrogen-bond acceptors (Lipinski definition) is 7. The zero-order valence-corrected chi connectivity index (χ0v) is 17.8. The van der Waals surface area contributed by atoms with E-state index >= 15 is 0 Å². The van der Waals surface area contributed by atoms with Crippen LogP contribution in [-0.2, 0) is 4.79 Å². The van der Waals surface area contributed by atoms with Gasteiger partial charge in [0.05, 0.1) is 17.5 Å². The molecule has 1 N–H and O–H groups in total. The van der Waals surface area contributed by atoms with Crippen molar-refractivity contribution in [3.8, 4) is 0 Å². The summed E-state index contributed by atoms with van der Waals surface area (Å²) in [6, 6.07) is 18.4. The fourth-order valence-electron chi connectivity index (χ4n) is 3.10. The number of para-hydroxylation sites is 1. The van der Waals surface area contributed by atoms with E-state index < -0.39 is 0 Å². The lowest BCUT2D eigenvalue weighted by molar-refractivity contribution is -0.116. The molecule has 5 nitrogen and oxygen atoms in total. The SMILES string of the molecule is CCNc1nnc(SCC(=O)N2c3ccccc3SCC2c2ccccc2)s1. The normalized spacial score (nSPS) is 15.9. The van der Waals surface area contributed by atoms with Crippen molar-refractivity contribution in [1.29, 1.82) is 0 Å². The van der Waals surface area contributed by atoms with E-state index in [2.05, 4.69) is 33.7 Å². The molecule has 28 heavy (non-hydrogen) atoms. The van der Waals surface area contributed by atoms with Gasteiger partial charge < -0.3 is 10.2 Å². The fraction of sp³-hybridized carbons (Fsp3) is 0.250. The lowest BCUT2D eigenvalue weighted by Crippen LogP contribution is -2.39. The Morgan fingerprint density at radius 3 is 2.79 bits per heavy atom. The summed E-state index contributed by atoms with van der Waals surface area (Å²) in [6.45, 7) is 2.83. The Balaban J connectivity index is 1.56. The number of thioether (sulfide) groups is 2. The molecule has 1 atom stereocenters. The molecule has 1 unspecified atom stereocenters. The second-order valence-corrected chi connectivity index (χ2v) is 9.42. The van der Waals surface area contributed by atoms with Gasteiger partial charge in [-0.05, 0) is 24.6 Å². The third kappa shape index (κ3) is 4.19. The van der Waals surface area contributed by atoms with Crippen molar-refractivity contribution >= 4 is 51.6 Å². The number of nitrogens with one attached hydrogen (secondary N) is 1. The van der Waals surface area contributed by atoms with E-state index in [-0.39, 0.29) is 11.9 Å². The van der Waals surface area contributed by atoms with E-state index in [1.54, 1.807) is 11.8 Å². The van der Waals surface area contributed by atoms with E-state index in [9.17, 15) is 4.79 Å². The van der Waals surface area contributed by atoms with Crippen LogP contribution in [0.3, 0.4) is 0 Å². The van der Waals surface area contributed by atoms with E-state index in [0.29, 0.717) is 5.75 Å². The third-order valence-corrected chi connectivity index (χ3v) is 7.48. The number of nitrogens with zero attached hydrogens (tertiary/aromatic N) is 3. The van der Waals surface area contributed by atoms with Crippen molar-refractivity contribution < 1.29 is 4.79 Å². The van der Waals surface area contributed by atoms with Crippen LogP contribution in [0.2, 0.25) is 0 Å². The summed E-state index contributed by atoms with van der Waals surface area (Å²) < 4.78 is 0.806. The van der Waals surface area contributed by atoms with Gasteiger partial charge in [-0.3, -0.25) is 4.79 Å². The summed E-state index contributed by atoms with van der Waals surface area (Å²) in [7, 11) is 0. The summed E-state index contributed by atoms with van der Waals surface area (Å²) in [5.74, 6) is 1.27. The Bertz CT molecular complexity index is 947. The quantitative estimate of drug-likeness (QED) is 0.561. The van der Waals surface area contributed by atoms with Crippen LogP contribution in [-0.4, -0.2) is 34.2 Å². The lowest BCUT2D eigenvalue weighted by Gasteiger charge is -2.37. The van der Waals surface area contributed by atoms with Crippen LogP contribution in [0.25, 0.3) is 0 Å². The fourth-order valence-corrected chi connectivity index (χ4v) is 5.95. The minimum atomic E-state index is 0.0286. The Morgan fingerprint density at radius 1 is 1.18 bits per heavy atom. The van der Waals surface area contributed by atoms with E-state index in [0.717, 1.165) is 37.9 Å². The van der Waals surface area contributed by atoms with Gasteiger partial charge in [0.1, 0.15) is 0 Å². The molecule has 0 bridgehead atoms. The van der Waals surface area contributed by atoms with Crippen molar-refractivity contribution in [2.75, 3.05) is 28.3 Å². The molecule has 2 heterocycles. The van der Waals surface area contributed by atoms with Gasteiger partial charge in [-0.25, -0.2) is 0 Å². The average Bonchev–Trinajstić information content (AvgIpc) is 3.19. The van der Waals surface area contributed by atoms with Crippen LogP contribution < -0.4 is 10.2 Å². The molecule has 3 aromatic rings. The maximum atomic E-state index is 13.3. The van der Waals surface area contributed by atoms with Crippen molar-refractivity contribution in [1.82, 2.24) is 10.2 Å². The van der Waals surface area contributed by atoms with Crippen LogP contribution >= 0.6 is 34.9 Å². The summed E-state index contributed by atoms with van der Waals surface area (Å²) >= 11 is 4.74. The molecular weight excluding hydrogens is 408 g/mol. The van der Waals surface area contributed by atoms with E-state index in [4.69, 9.17) is 0 Å². The van der Waals surface area contributed by atoms with Crippen LogP contribution in [0.5, 0.6) is 0 Å². The topological polar surface area (TPSA) is 58.1 Å². The average molecular weight is 429 g/mol. The minimum absolute atomic E-state index is 0.0286. The lowest BCUT2D eigenvalue weighted by atomic mass is 10.1. The standard InChI is InChI=1S/C20H20N4OS3/c1-2-21-19-22-23-20(28-19)27-13-18(25)24-15-10-6-7-11-17(15)26-12-16(24)14-8-4-3-5-9-14/h3-11,16H,2,12-13H2,1H3,(H,21,22). The Kier molecular flexibility index (Phi) is 6.19. The highest BCUT2D eigenvalue weighted by atomic mass is 32.2. The van der Waals surface area contributed by atoms with Gasteiger partial charge in [0.15, 0.2) is 4.34 Å². The van der Waals surface area contributed by atoms with Gasteiger partial charge in [-0.15, -0.1) is 22.0 Å². The number of benzene rings is 2. The first-order chi connectivity index (χ1) is 13.8. The van der Waals surface area contributed by atoms with Gasteiger partial charge >= 0.3 is 0 Å². The molecule has 0 spiro atoms. The number of carbonyl (C=O) groups excluding carboxylic acids is 1. The Labute approximate surface area is 176 Å². The summed E-state index contributed by atoms with van der Waals surface area (Å²) in [4.78, 5) is 16.4. The van der Waals surface area contributed by atoms with Crippen LogP contribution in [0, 0.1) is 0 Å². The molecule has 4 rings (SSSR count). The van der Waals surface area contributed by atoms with Crippen molar-refractivity contribution in [3.63, 3.8) is 0 Å². The first-order valence-corrected chi connectivity index (χ1v) is 11.8. The molecule has 0 fully saturated rings. The highest BCUT2D eigenvalue weighted by Gasteiger charge is 2.32. The second-order valence-electron chi connectivity index (χ2n) is 6.16. The predicted molar refractivity (Wildman–Crippen MR) is 119 cm³/mol. The number of anilines is 2. The van der Waals surface area contributed by atoms with Gasteiger partial charge in [0.25, 0.3) is 0 Å². The second kappa shape index (κ2) is 8.98. The van der Waals surface area contributed by atoms with Crippen molar-refractivity contribution in [2.24, 2.45) is 0 Å². The van der Waals surface area contributed by atoms with Crippen LogP contribution in [0.15, 0.2) is 63.8 Å². The summed E-state index contributed by atoms with van der Waals surface area (Å²) in [5, 5.41) is 12.2. The number of fused-ring (bicyclic) bond motifs is 1. The molecule has 144 valence electrons. The summed E-state index contributed by atoms with van der Waals surface area (Å²) in [5.41, 5.74) is 2.15. The highest BCUT2D eigenvalue weighted by Crippen LogP contribution is 2.43. The summed E-state index contributed by atoms with van der Waals surface area (Å²) in [6.07, 6.45) is 0. The van der Waals surface area contributed by atoms with Gasteiger partial charge in [0, 0.05) is 17.2 Å². The highest BCUT2D eigenvalue weighted by molar-refractivity contribution is 8.01. The van der Waals surface area contributed by atoms with E-state index in [1.807, 2.05) is 48.2 Å². The molecule has 1 aliphatic rings. The first kappa shape index (κ1) is 19.3. The predicted octanol–water partition coefficient (Wildman–Crippen LogP) is 4.94. The third-order valence-electron chi connectivity index (χ3n) is 4.34. The van der Waals surface area contributed by atoms with Crippen molar-refractivity contribution in [2.45, 2.75) is 22.2 Å². The van der Waals surface area contributed by atoms with Crippen molar-refractivity contribution in [3.05, 3.63) is 60.2 Å². The molecule has 2 aromatic carbocycles. The molecule has 0 saturated carbocycles. The Hall–Kier alpha value is -2.03. The molecule has 0 radical (unpaired) electrons. The van der Waals surface area contributed by atoms with Gasteiger partial charge in [-0.1, -0.05) is 65.6 Å². The minimum Gasteiger partial charge on any atom is -0.360 e. The largest absolute Gasteiger partial charge is 0.360 e. The maximum Gasteiger partial charge on any atom is 0.238 e. The maximum absolute atomic E-state index is 13.3. The van der Waals surface area contributed by atoms with Gasteiger partial charge in [-0.2, -0.15) is 0 Å². The smallest absolute Gasteiger partial charge is 0.238 e.